The molecule has 110 valence electrons. The zero-order valence-corrected chi connectivity index (χ0v) is 11.4. The zero-order chi connectivity index (χ0) is 15.1. The fourth-order valence-corrected chi connectivity index (χ4v) is 1.68. The van der Waals surface area contributed by atoms with Gasteiger partial charge in [-0.15, -0.1) is 0 Å². The van der Waals surface area contributed by atoms with Gasteiger partial charge in [-0.3, -0.25) is 4.79 Å². The summed E-state index contributed by atoms with van der Waals surface area (Å²) in [6.07, 6.45) is 2.02. The van der Waals surface area contributed by atoms with Crippen LogP contribution in [0.4, 0.5) is 8.78 Å². The smallest absolute Gasteiger partial charge is 0.328 e. The van der Waals surface area contributed by atoms with Crippen molar-refractivity contribution < 1.29 is 23.1 Å². The molecule has 1 amide bonds. The van der Waals surface area contributed by atoms with Gasteiger partial charge in [0.15, 0.2) is 11.6 Å². The second kappa shape index (κ2) is 7.57. The Morgan fingerprint density at radius 2 is 2.00 bits per heavy atom. The molecular formula is C14H17F2NO3. The van der Waals surface area contributed by atoms with Crippen LogP contribution >= 0.6 is 0 Å². The molecule has 0 saturated heterocycles. The molecule has 0 saturated carbocycles. The van der Waals surface area contributed by atoms with Gasteiger partial charge in [-0.1, -0.05) is 19.8 Å². The van der Waals surface area contributed by atoms with Crippen LogP contribution in [0.2, 0.25) is 0 Å². The van der Waals surface area contributed by atoms with Gasteiger partial charge in [0.1, 0.15) is 6.04 Å². The van der Waals surface area contributed by atoms with Crippen LogP contribution in [0, 0.1) is 11.6 Å². The summed E-state index contributed by atoms with van der Waals surface area (Å²) in [6, 6.07) is 2.02. The van der Waals surface area contributed by atoms with Crippen molar-refractivity contribution >= 4 is 11.9 Å². The fraction of sp³-hybridized carbons (Fsp3) is 0.429. The number of nitrogens with one attached hydrogen (secondary N) is 1. The molecule has 4 nitrogen and oxygen atoms in total. The average molecular weight is 285 g/mol. The molecule has 0 fully saturated rings. The first kappa shape index (κ1) is 16.1. The number of hydrogen-bond donors (Lipinski definition) is 1. The molecule has 1 aromatic carbocycles. The molecule has 20 heavy (non-hydrogen) atoms. The summed E-state index contributed by atoms with van der Waals surface area (Å²) in [4.78, 5) is 23.4. The molecule has 0 bridgehead atoms. The monoisotopic (exact) mass is 285 g/mol. The number of halogens is 2. The molecule has 0 aliphatic carbocycles. The summed E-state index contributed by atoms with van der Waals surface area (Å²) in [5, 5.41) is 2.46. The molecular weight excluding hydrogens is 268 g/mol. The summed E-state index contributed by atoms with van der Waals surface area (Å²) in [6.45, 7) is 1.95. The number of hydrogen-bond acceptors (Lipinski definition) is 3. The average Bonchev–Trinajstić information content (AvgIpc) is 2.45. The normalized spacial score (nSPS) is 11.8. The van der Waals surface area contributed by atoms with Crippen LogP contribution in [-0.4, -0.2) is 25.0 Å². The van der Waals surface area contributed by atoms with Gasteiger partial charge in [0.05, 0.1) is 7.11 Å². The molecule has 0 heterocycles. The fourth-order valence-electron chi connectivity index (χ4n) is 1.68. The molecule has 0 radical (unpaired) electrons. The topological polar surface area (TPSA) is 55.4 Å². The Balaban J connectivity index is 2.78. The number of carbonyl (C=O) groups excluding carboxylic acids is 2. The number of carbonyl (C=O) groups is 2. The number of rotatable bonds is 6. The van der Waals surface area contributed by atoms with Gasteiger partial charge in [-0.2, -0.15) is 0 Å². The van der Waals surface area contributed by atoms with E-state index < -0.39 is 29.6 Å². The largest absolute Gasteiger partial charge is 0.467 e. The van der Waals surface area contributed by atoms with Gasteiger partial charge in [0.2, 0.25) is 0 Å². The SMILES string of the molecule is CCCC[C@H](NC(=O)c1ccc(F)c(F)c1)C(=O)OC. The number of ether oxygens (including phenoxy) is 1. The quantitative estimate of drug-likeness (QED) is 0.817. The maximum absolute atomic E-state index is 13.1. The molecule has 1 N–H and O–H groups in total. The molecule has 0 unspecified atom stereocenters. The summed E-state index contributed by atoms with van der Waals surface area (Å²) in [5.41, 5.74) is -0.0469. The van der Waals surface area contributed by atoms with Crippen LogP contribution in [0.5, 0.6) is 0 Å². The van der Waals surface area contributed by atoms with Gasteiger partial charge in [-0.25, -0.2) is 13.6 Å². The van der Waals surface area contributed by atoms with Crippen LogP contribution in [-0.2, 0) is 9.53 Å². The predicted octanol–water partition coefficient (Wildman–Crippen LogP) is 2.43. The minimum absolute atomic E-state index is 0.0469. The van der Waals surface area contributed by atoms with E-state index >= 15 is 0 Å². The lowest BCUT2D eigenvalue weighted by molar-refractivity contribution is -0.143. The van der Waals surface area contributed by atoms with Crippen molar-refractivity contribution in [1.29, 1.82) is 0 Å². The Morgan fingerprint density at radius 3 is 2.55 bits per heavy atom. The minimum atomic E-state index is -1.11. The molecule has 1 atom stereocenters. The Labute approximate surface area is 116 Å². The van der Waals surface area contributed by atoms with E-state index in [1.807, 2.05) is 6.92 Å². The van der Waals surface area contributed by atoms with Crippen molar-refractivity contribution in [2.24, 2.45) is 0 Å². The van der Waals surface area contributed by atoms with E-state index in [4.69, 9.17) is 0 Å². The highest BCUT2D eigenvalue weighted by molar-refractivity contribution is 5.96. The molecule has 0 aliphatic heterocycles. The van der Waals surface area contributed by atoms with E-state index in [9.17, 15) is 18.4 Å². The number of amides is 1. The Hall–Kier alpha value is -1.98. The van der Waals surface area contributed by atoms with E-state index in [-0.39, 0.29) is 5.56 Å². The number of unbranched alkanes of at least 4 members (excludes halogenated alkanes) is 1. The van der Waals surface area contributed by atoms with E-state index in [1.54, 1.807) is 0 Å². The van der Waals surface area contributed by atoms with Gasteiger partial charge in [-0.05, 0) is 24.6 Å². The van der Waals surface area contributed by atoms with Crippen LogP contribution < -0.4 is 5.32 Å². The van der Waals surface area contributed by atoms with E-state index in [1.165, 1.54) is 7.11 Å². The summed E-state index contributed by atoms with van der Waals surface area (Å²) in [5.74, 6) is -3.34. The predicted molar refractivity (Wildman–Crippen MR) is 69.2 cm³/mol. The second-order valence-corrected chi connectivity index (χ2v) is 4.32. The van der Waals surface area contributed by atoms with Gasteiger partial charge in [0, 0.05) is 5.56 Å². The first-order chi connectivity index (χ1) is 9.49. The first-order valence-corrected chi connectivity index (χ1v) is 6.33. The number of esters is 1. The van der Waals surface area contributed by atoms with E-state index in [2.05, 4.69) is 10.1 Å². The van der Waals surface area contributed by atoms with Crippen LogP contribution in [0.1, 0.15) is 36.5 Å². The standard InChI is InChI=1S/C14H17F2NO3/c1-3-4-5-12(14(19)20-2)17-13(18)9-6-7-10(15)11(16)8-9/h6-8,12H,3-5H2,1-2H3,(H,17,18)/t12-/m0/s1. The van der Waals surface area contributed by atoms with Crippen molar-refractivity contribution in [1.82, 2.24) is 5.32 Å². The Morgan fingerprint density at radius 1 is 1.30 bits per heavy atom. The number of benzene rings is 1. The molecule has 1 aromatic rings. The summed E-state index contributed by atoms with van der Waals surface area (Å²) >= 11 is 0. The molecule has 0 aromatic heterocycles. The van der Waals surface area contributed by atoms with Crippen LogP contribution in [0.3, 0.4) is 0 Å². The molecule has 1 rings (SSSR count). The maximum atomic E-state index is 13.1. The Bertz CT molecular complexity index is 491. The third kappa shape index (κ3) is 4.29. The lowest BCUT2D eigenvalue weighted by Gasteiger charge is -2.16. The lowest BCUT2D eigenvalue weighted by atomic mass is 10.1. The van der Waals surface area contributed by atoms with Crippen molar-refractivity contribution in [2.75, 3.05) is 7.11 Å². The highest BCUT2D eigenvalue weighted by Gasteiger charge is 2.21. The van der Waals surface area contributed by atoms with Crippen molar-refractivity contribution in [2.45, 2.75) is 32.2 Å². The third-order valence-electron chi connectivity index (χ3n) is 2.82. The highest BCUT2D eigenvalue weighted by atomic mass is 19.2. The molecule has 0 spiro atoms. The van der Waals surface area contributed by atoms with E-state index in [0.29, 0.717) is 6.42 Å². The minimum Gasteiger partial charge on any atom is -0.467 e. The second-order valence-electron chi connectivity index (χ2n) is 4.32. The van der Waals surface area contributed by atoms with Crippen molar-refractivity contribution in [3.63, 3.8) is 0 Å². The molecule has 0 aliphatic rings. The van der Waals surface area contributed by atoms with Gasteiger partial charge >= 0.3 is 5.97 Å². The first-order valence-electron chi connectivity index (χ1n) is 6.33. The Kier molecular flexibility index (Phi) is 6.09. The van der Waals surface area contributed by atoms with Crippen LogP contribution in [0.25, 0.3) is 0 Å². The maximum Gasteiger partial charge on any atom is 0.328 e. The summed E-state index contributed by atoms with van der Waals surface area (Å²) in [7, 11) is 1.23. The summed E-state index contributed by atoms with van der Waals surface area (Å²) < 4.78 is 30.5. The number of methoxy groups -OCH3 is 1. The van der Waals surface area contributed by atoms with Crippen molar-refractivity contribution in [3.8, 4) is 0 Å². The highest BCUT2D eigenvalue weighted by Crippen LogP contribution is 2.10. The lowest BCUT2D eigenvalue weighted by Crippen LogP contribution is -2.41. The zero-order valence-electron chi connectivity index (χ0n) is 11.4. The van der Waals surface area contributed by atoms with Gasteiger partial charge in [0.25, 0.3) is 5.91 Å². The van der Waals surface area contributed by atoms with Crippen molar-refractivity contribution in [3.05, 3.63) is 35.4 Å². The van der Waals surface area contributed by atoms with Crippen LogP contribution in [0.15, 0.2) is 18.2 Å². The van der Waals surface area contributed by atoms with E-state index in [0.717, 1.165) is 31.0 Å². The molecule has 6 heteroatoms. The third-order valence-corrected chi connectivity index (χ3v) is 2.82. The van der Waals surface area contributed by atoms with Gasteiger partial charge < -0.3 is 10.1 Å².